The molecule has 0 aliphatic rings. The van der Waals surface area contributed by atoms with Gasteiger partial charge in [0, 0.05) is 30.3 Å². The Kier molecular flexibility index (Phi) is 5.74. The van der Waals surface area contributed by atoms with Crippen LogP contribution in [0.2, 0.25) is 5.02 Å². The highest BCUT2D eigenvalue weighted by atomic mass is 35.5. The lowest BCUT2D eigenvalue weighted by molar-refractivity contribution is 0.183. The van der Waals surface area contributed by atoms with E-state index in [0.717, 1.165) is 6.42 Å². The molecule has 1 aromatic carbocycles. The third-order valence-electron chi connectivity index (χ3n) is 2.59. The lowest BCUT2D eigenvalue weighted by Crippen LogP contribution is -2.29. The number of benzene rings is 1. The number of nitrogens with one attached hydrogen (secondary N) is 1. The topological polar surface area (TPSA) is 21.3 Å². The summed E-state index contributed by atoms with van der Waals surface area (Å²) in [6.45, 7) is 0.650. The van der Waals surface area contributed by atoms with Crippen molar-refractivity contribution in [1.29, 1.82) is 0 Å². The highest BCUT2D eigenvalue weighted by Crippen LogP contribution is 2.21. The van der Waals surface area contributed by atoms with Gasteiger partial charge in [0.15, 0.2) is 0 Å². The number of likely N-dealkylation sites (N-methyl/N-ethyl adjacent to an activating group) is 1. The molecule has 4 heteroatoms. The lowest BCUT2D eigenvalue weighted by Gasteiger charge is -2.16. The summed E-state index contributed by atoms with van der Waals surface area (Å²) in [6.07, 6.45) is 1.41. The summed E-state index contributed by atoms with van der Waals surface area (Å²) >= 11 is 5.97. The van der Waals surface area contributed by atoms with Gasteiger partial charge in [-0.15, -0.1) is 0 Å². The second-order valence-electron chi connectivity index (χ2n) is 3.67. The van der Waals surface area contributed by atoms with Crippen molar-refractivity contribution < 1.29 is 9.13 Å². The highest BCUT2D eigenvalue weighted by Gasteiger charge is 2.13. The summed E-state index contributed by atoms with van der Waals surface area (Å²) in [5.74, 6) is -0.245. The van der Waals surface area contributed by atoms with Crippen molar-refractivity contribution in [2.75, 3.05) is 20.8 Å². The van der Waals surface area contributed by atoms with E-state index in [4.69, 9.17) is 16.3 Å². The van der Waals surface area contributed by atoms with Crippen molar-refractivity contribution in [2.45, 2.75) is 18.9 Å². The van der Waals surface area contributed by atoms with Gasteiger partial charge in [0.25, 0.3) is 0 Å². The van der Waals surface area contributed by atoms with Gasteiger partial charge in [-0.1, -0.05) is 17.7 Å². The molecule has 0 spiro atoms. The molecule has 0 aliphatic heterocycles. The second-order valence-corrected chi connectivity index (χ2v) is 4.08. The highest BCUT2D eigenvalue weighted by molar-refractivity contribution is 6.31. The molecule has 1 N–H and O–H groups in total. The number of methoxy groups -OCH3 is 1. The van der Waals surface area contributed by atoms with Crippen LogP contribution in [0.5, 0.6) is 0 Å². The van der Waals surface area contributed by atoms with E-state index >= 15 is 0 Å². The summed E-state index contributed by atoms with van der Waals surface area (Å²) in [4.78, 5) is 0. The van der Waals surface area contributed by atoms with E-state index in [-0.39, 0.29) is 11.9 Å². The van der Waals surface area contributed by atoms with Crippen molar-refractivity contribution in [3.63, 3.8) is 0 Å². The maximum atomic E-state index is 13.5. The normalized spacial score (nSPS) is 12.8. The van der Waals surface area contributed by atoms with Crippen LogP contribution in [0.15, 0.2) is 18.2 Å². The minimum atomic E-state index is -0.245. The quantitative estimate of drug-likeness (QED) is 0.832. The number of ether oxygens (including phenoxy) is 1. The van der Waals surface area contributed by atoms with E-state index < -0.39 is 0 Å². The van der Waals surface area contributed by atoms with Gasteiger partial charge in [-0.05, 0) is 32.0 Å². The van der Waals surface area contributed by atoms with Crippen LogP contribution in [0, 0.1) is 5.82 Å². The van der Waals surface area contributed by atoms with Crippen molar-refractivity contribution in [3.8, 4) is 0 Å². The number of hydrogen-bond donors (Lipinski definition) is 1. The van der Waals surface area contributed by atoms with Gasteiger partial charge in [0.05, 0.1) is 0 Å². The maximum absolute atomic E-state index is 13.5. The Labute approximate surface area is 101 Å². The lowest BCUT2D eigenvalue weighted by atomic mass is 10.0. The third-order valence-corrected chi connectivity index (χ3v) is 2.95. The molecule has 1 atom stereocenters. The van der Waals surface area contributed by atoms with Gasteiger partial charge in [0.1, 0.15) is 5.82 Å². The Balaban J connectivity index is 2.69. The fourth-order valence-electron chi connectivity index (χ4n) is 1.58. The van der Waals surface area contributed by atoms with E-state index in [2.05, 4.69) is 5.32 Å². The molecule has 0 amide bonds. The van der Waals surface area contributed by atoms with Crippen LogP contribution in [-0.2, 0) is 11.2 Å². The largest absolute Gasteiger partial charge is 0.385 e. The molecule has 0 heterocycles. The zero-order valence-corrected chi connectivity index (χ0v) is 10.4. The van der Waals surface area contributed by atoms with E-state index in [0.29, 0.717) is 23.6 Å². The van der Waals surface area contributed by atoms with Crippen LogP contribution in [-0.4, -0.2) is 26.8 Å². The maximum Gasteiger partial charge on any atom is 0.127 e. The Hall–Kier alpha value is -0.640. The second kappa shape index (κ2) is 6.84. The minimum absolute atomic E-state index is 0.175. The molecule has 0 radical (unpaired) electrons. The zero-order chi connectivity index (χ0) is 12.0. The van der Waals surface area contributed by atoms with Crippen molar-refractivity contribution in [1.82, 2.24) is 5.32 Å². The third kappa shape index (κ3) is 3.74. The van der Waals surface area contributed by atoms with Crippen LogP contribution in [0.3, 0.4) is 0 Å². The predicted molar refractivity (Wildman–Crippen MR) is 64.5 cm³/mol. The van der Waals surface area contributed by atoms with Gasteiger partial charge in [-0.3, -0.25) is 0 Å². The molecule has 16 heavy (non-hydrogen) atoms. The molecule has 90 valence electrons. The molecule has 0 bridgehead atoms. The molecule has 1 rings (SSSR count). The first-order valence-electron chi connectivity index (χ1n) is 5.28. The Bertz CT molecular complexity index is 313. The molecule has 2 nitrogen and oxygen atoms in total. The first kappa shape index (κ1) is 13.4. The smallest absolute Gasteiger partial charge is 0.127 e. The molecule has 0 fully saturated rings. The molecule has 1 aromatic rings. The Morgan fingerprint density at radius 3 is 2.81 bits per heavy atom. The molecule has 0 aliphatic carbocycles. The van der Waals surface area contributed by atoms with Gasteiger partial charge in [0.2, 0.25) is 0 Å². The average Bonchev–Trinajstić information content (AvgIpc) is 2.28. The van der Waals surface area contributed by atoms with E-state index in [9.17, 15) is 4.39 Å². The van der Waals surface area contributed by atoms with Crippen molar-refractivity contribution >= 4 is 11.6 Å². The van der Waals surface area contributed by atoms with E-state index in [1.165, 1.54) is 6.07 Å². The van der Waals surface area contributed by atoms with Crippen molar-refractivity contribution in [3.05, 3.63) is 34.6 Å². The van der Waals surface area contributed by atoms with E-state index in [1.54, 1.807) is 19.2 Å². The summed E-state index contributed by atoms with van der Waals surface area (Å²) < 4.78 is 18.5. The van der Waals surface area contributed by atoms with E-state index in [1.807, 2.05) is 7.05 Å². The van der Waals surface area contributed by atoms with Gasteiger partial charge < -0.3 is 10.1 Å². The number of hydrogen-bond acceptors (Lipinski definition) is 2. The molecule has 0 saturated carbocycles. The first-order chi connectivity index (χ1) is 7.69. The number of halogens is 2. The Morgan fingerprint density at radius 2 is 2.25 bits per heavy atom. The monoisotopic (exact) mass is 245 g/mol. The zero-order valence-electron chi connectivity index (χ0n) is 9.59. The predicted octanol–water partition coefficient (Wildman–Crippen LogP) is 2.65. The summed E-state index contributed by atoms with van der Waals surface area (Å²) in [7, 11) is 3.51. The van der Waals surface area contributed by atoms with Crippen molar-refractivity contribution in [2.24, 2.45) is 0 Å². The molecule has 1 unspecified atom stereocenters. The molecule has 0 aromatic heterocycles. The molecular formula is C12H17ClFNO. The SMILES string of the molecule is CNC(CCOC)Cc1c(F)cccc1Cl. The van der Waals surface area contributed by atoms with Crippen LogP contribution >= 0.6 is 11.6 Å². The minimum Gasteiger partial charge on any atom is -0.385 e. The summed E-state index contributed by atoms with van der Waals surface area (Å²) in [5, 5.41) is 3.62. The fourth-order valence-corrected chi connectivity index (χ4v) is 1.82. The molecular weight excluding hydrogens is 229 g/mol. The van der Waals surface area contributed by atoms with Crippen LogP contribution in [0.1, 0.15) is 12.0 Å². The average molecular weight is 246 g/mol. The standard InChI is InChI=1S/C12H17ClFNO/c1-15-9(6-7-16-2)8-10-11(13)4-3-5-12(10)14/h3-5,9,15H,6-8H2,1-2H3. The number of rotatable bonds is 6. The van der Waals surface area contributed by atoms with Crippen LogP contribution in [0.4, 0.5) is 4.39 Å². The van der Waals surface area contributed by atoms with Crippen LogP contribution < -0.4 is 5.32 Å². The van der Waals surface area contributed by atoms with Gasteiger partial charge >= 0.3 is 0 Å². The Morgan fingerprint density at radius 1 is 1.50 bits per heavy atom. The summed E-state index contributed by atoms with van der Waals surface area (Å²) in [6, 6.07) is 4.94. The fraction of sp³-hybridized carbons (Fsp3) is 0.500. The van der Waals surface area contributed by atoms with Gasteiger partial charge in [-0.2, -0.15) is 0 Å². The summed E-state index contributed by atoms with van der Waals surface area (Å²) in [5.41, 5.74) is 0.569. The first-order valence-corrected chi connectivity index (χ1v) is 5.66. The molecule has 0 saturated heterocycles. The van der Waals surface area contributed by atoms with Crippen LogP contribution in [0.25, 0.3) is 0 Å². The van der Waals surface area contributed by atoms with Gasteiger partial charge in [-0.25, -0.2) is 4.39 Å².